The van der Waals surface area contributed by atoms with Crippen LogP contribution in [-0.2, 0) is 13.2 Å². The smallest absolute Gasteiger partial charge is 0.251 e. The lowest BCUT2D eigenvalue weighted by Crippen LogP contribution is -2.29. The van der Waals surface area contributed by atoms with Gasteiger partial charge in [0.2, 0.25) is 0 Å². The molecule has 0 bridgehead atoms. The van der Waals surface area contributed by atoms with Crippen molar-refractivity contribution in [3.63, 3.8) is 0 Å². The quantitative estimate of drug-likeness (QED) is 0.594. The maximum Gasteiger partial charge on any atom is 0.251 e. The number of benzene rings is 3. The molecular formula is C26H28N2O2. The van der Waals surface area contributed by atoms with Crippen LogP contribution in [0.15, 0.2) is 78.9 Å². The lowest BCUT2D eigenvalue weighted by atomic mass is 10.1. The number of carbonyl (C=O) groups excluding carboxylic acids is 1. The molecule has 30 heavy (non-hydrogen) atoms. The maximum atomic E-state index is 12.6. The monoisotopic (exact) mass is 400 g/mol. The third-order valence-corrected chi connectivity index (χ3v) is 5.46. The Hall–Kier alpha value is -3.27. The fourth-order valence-electron chi connectivity index (χ4n) is 3.73. The van der Waals surface area contributed by atoms with E-state index in [0.29, 0.717) is 24.5 Å². The molecular weight excluding hydrogens is 372 g/mol. The van der Waals surface area contributed by atoms with Crippen molar-refractivity contribution < 1.29 is 9.53 Å². The number of hydrogen-bond donors (Lipinski definition) is 1. The highest BCUT2D eigenvalue weighted by molar-refractivity contribution is 5.94. The molecule has 3 aromatic carbocycles. The van der Waals surface area contributed by atoms with E-state index in [4.69, 9.17) is 4.74 Å². The molecule has 1 amide bonds. The first-order valence-electron chi connectivity index (χ1n) is 10.7. The third-order valence-electron chi connectivity index (χ3n) is 5.46. The molecule has 0 radical (unpaired) electrons. The van der Waals surface area contributed by atoms with Crippen molar-refractivity contribution in [1.82, 2.24) is 5.32 Å². The minimum absolute atomic E-state index is 0.0970. The Bertz CT molecular complexity index is 948. The highest BCUT2D eigenvalue weighted by atomic mass is 16.5. The number of nitrogens with one attached hydrogen (secondary N) is 1. The van der Waals surface area contributed by atoms with Gasteiger partial charge in [-0.2, -0.15) is 0 Å². The molecule has 1 N–H and O–H groups in total. The molecule has 0 aromatic heterocycles. The predicted molar refractivity (Wildman–Crippen MR) is 121 cm³/mol. The van der Waals surface area contributed by atoms with Crippen molar-refractivity contribution in [3.05, 3.63) is 95.6 Å². The largest absolute Gasteiger partial charge is 0.489 e. The lowest BCUT2D eigenvalue weighted by molar-refractivity contribution is 0.0950. The normalized spacial score (nSPS) is 13.7. The summed E-state index contributed by atoms with van der Waals surface area (Å²) in [6.07, 6.45) is 3.87. The molecule has 4 nitrogen and oxygen atoms in total. The van der Waals surface area contributed by atoms with Gasteiger partial charge in [-0.15, -0.1) is 0 Å². The van der Waals surface area contributed by atoms with Gasteiger partial charge in [0.1, 0.15) is 12.4 Å². The van der Waals surface area contributed by atoms with E-state index in [1.807, 2.05) is 48.5 Å². The first kappa shape index (κ1) is 20.0. The summed E-state index contributed by atoms with van der Waals surface area (Å²) in [4.78, 5) is 15.0. The molecule has 0 spiro atoms. The number of rotatable bonds is 7. The van der Waals surface area contributed by atoms with Crippen LogP contribution in [0.1, 0.15) is 40.7 Å². The number of nitrogens with zero attached hydrogens (tertiary/aromatic N) is 1. The van der Waals surface area contributed by atoms with Gasteiger partial charge in [0.05, 0.1) is 0 Å². The fraction of sp³-hybridized carbons (Fsp3) is 0.269. The van der Waals surface area contributed by atoms with E-state index in [9.17, 15) is 4.79 Å². The third kappa shape index (κ3) is 5.41. The number of ether oxygens (including phenoxy) is 1. The van der Waals surface area contributed by atoms with Crippen molar-refractivity contribution >= 4 is 11.6 Å². The number of amides is 1. The van der Waals surface area contributed by atoms with E-state index in [1.54, 1.807) is 6.07 Å². The molecule has 0 atom stereocenters. The van der Waals surface area contributed by atoms with Crippen LogP contribution in [0.3, 0.4) is 0 Å². The Morgan fingerprint density at radius 3 is 2.37 bits per heavy atom. The van der Waals surface area contributed by atoms with Crippen molar-refractivity contribution in [1.29, 1.82) is 0 Å². The van der Waals surface area contributed by atoms with Crippen molar-refractivity contribution in [2.45, 2.75) is 32.4 Å². The van der Waals surface area contributed by atoms with Gasteiger partial charge in [0, 0.05) is 30.9 Å². The number of carbonyl (C=O) groups is 1. The molecule has 1 fully saturated rings. The van der Waals surface area contributed by atoms with Gasteiger partial charge < -0.3 is 15.0 Å². The van der Waals surface area contributed by atoms with E-state index in [-0.39, 0.29) is 5.91 Å². The molecule has 0 unspecified atom stereocenters. The van der Waals surface area contributed by atoms with Crippen LogP contribution in [-0.4, -0.2) is 19.0 Å². The summed E-state index contributed by atoms with van der Waals surface area (Å²) in [5.41, 5.74) is 4.07. The van der Waals surface area contributed by atoms with E-state index in [1.165, 1.54) is 24.9 Å². The van der Waals surface area contributed by atoms with Gasteiger partial charge in [-0.05, 0) is 60.7 Å². The van der Waals surface area contributed by atoms with Crippen molar-refractivity contribution in [3.8, 4) is 5.75 Å². The second-order valence-electron chi connectivity index (χ2n) is 7.70. The molecule has 1 saturated heterocycles. The zero-order chi connectivity index (χ0) is 20.6. The first-order valence-corrected chi connectivity index (χ1v) is 10.7. The van der Waals surface area contributed by atoms with Gasteiger partial charge in [-0.25, -0.2) is 0 Å². The Balaban J connectivity index is 1.30. The van der Waals surface area contributed by atoms with Crippen LogP contribution in [0.2, 0.25) is 0 Å². The summed E-state index contributed by atoms with van der Waals surface area (Å²) in [6, 6.07) is 25.8. The molecule has 1 heterocycles. The van der Waals surface area contributed by atoms with Crippen LogP contribution in [0.5, 0.6) is 5.75 Å². The maximum absolute atomic E-state index is 12.6. The second kappa shape index (κ2) is 9.97. The average Bonchev–Trinajstić information content (AvgIpc) is 2.83. The summed E-state index contributed by atoms with van der Waals surface area (Å²) in [6.45, 7) is 3.26. The molecule has 4 rings (SSSR count). The summed E-state index contributed by atoms with van der Waals surface area (Å²) < 4.78 is 5.83. The number of anilines is 1. The topological polar surface area (TPSA) is 41.6 Å². The van der Waals surface area contributed by atoms with E-state index >= 15 is 0 Å². The minimum atomic E-state index is -0.0970. The highest BCUT2D eigenvalue weighted by Gasteiger charge is 2.11. The molecule has 1 aliphatic heterocycles. The number of hydrogen-bond acceptors (Lipinski definition) is 3. The minimum Gasteiger partial charge on any atom is -0.489 e. The summed E-state index contributed by atoms with van der Waals surface area (Å²) in [5, 5.41) is 3.01. The van der Waals surface area contributed by atoms with Gasteiger partial charge in [0.15, 0.2) is 0 Å². The Morgan fingerprint density at radius 1 is 0.833 bits per heavy atom. The molecule has 154 valence electrons. The Labute approximate surface area is 178 Å². The van der Waals surface area contributed by atoms with E-state index < -0.39 is 0 Å². The molecule has 1 aliphatic rings. The Morgan fingerprint density at radius 2 is 1.60 bits per heavy atom. The zero-order valence-electron chi connectivity index (χ0n) is 17.2. The fourth-order valence-corrected chi connectivity index (χ4v) is 3.73. The van der Waals surface area contributed by atoms with E-state index in [0.717, 1.165) is 24.2 Å². The standard InChI is InChI=1S/C26H28N2O2/c29-26(23-10-7-11-25(18-23)30-20-22-8-3-1-4-9-22)27-19-21-12-14-24(15-13-21)28-16-5-2-6-17-28/h1,3-4,7-15,18H,2,5-6,16-17,19-20H2,(H,27,29). The van der Waals surface area contributed by atoms with Crippen LogP contribution >= 0.6 is 0 Å². The van der Waals surface area contributed by atoms with Crippen LogP contribution in [0.25, 0.3) is 0 Å². The Kier molecular flexibility index (Phi) is 6.65. The van der Waals surface area contributed by atoms with E-state index in [2.05, 4.69) is 34.5 Å². The summed E-state index contributed by atoms with van der Waals surface area (Å²) in [5.74, 6) is 0.595. The predicted octanol–water partition coefficient (Wildman–Crippen LogP) is 5.19. The first-order chi connectivity index (χ1) is 14.8. The van der Waals surface area contributed by atoms with Gasteiger partial charge in [0.25, 0.3) is 5.91 Å². The molecule has 4 heteroatoms. The van der Waals surface area contributed by atoms with Crippen LogP contribution in [0, 0.1) is 0 Å². The molecule has 0 aliphatic carbocycles. The average molecular weight is 401 g/mol. The second-order valence-corrected chi connectivity index (χ2v) is 7.70. The SMILES string of the molecule is O=C(NCc1ccc(N2CCCCC2)cc1)c1cccc(OCc2ccccc2)c1. The molecule has 3 aromatic rings. The summed E-state index contributed by atoms with van der Waals surface area (Å²) >= 11 is 0. The van der Waals surface area contributed by atoms with Gasteiger partial charge in [-0.3, -0.25) is 4.79 Å². The van der Waals surface area contributed by atoms with Crippen molar-refractivity contribution in [2.24, 2.45) is 0 Å². The van der Waals surface area contributed by atoms with Crippen LogP contribution in [0.4, 0.5) is 5.69 Å². The summed E-state index contributed by atoms with van der Waals surface area (Å²) in [7, 11) is 0. The number of piperidine rings is 1. The van der Waals surface area contributed by atoms with Gasteiger partial charge in [-0.1, -0.05) is 48.5 Å². The molecule has 0 saturated carbocycles. The highest BCUT2D eigenvalue weighted by Crippen LogP contribution is 2.20. The van der Waals surface area contributed by atoms with Gasteiger partial charge >= 0.3 is 0 Å². The zero-order valence-corrected chi connectivity index (χ0v) is 17.2. The lowest BCUT2D eigenvalue weighted by Gasteiger charge is -2.28. The van der Waals surface area contributed by atoms with Crippen molar-refractivity contribution in [2.75, 3.05) is 18.0 Å². The van der Waals surface area contributed by atoms with Crippen LogP contribution < -0.4 is 15.0 Å².